The number of benzene rings is 1. The van der Waals surface area contributed by atoms with Crippen molar-refractivity contribution in [1.82, 2.24) is 10.6 Å². The van der Waals surface area contributed by atoms with E-state index in [0.717, 1.165) is 12.8 Å². The zero-order chi connectivity index (χ0) is 13.5. The van der Waals surface area contributed by atoms with Crippen molar-refractivity contribution >= 4 is 5.91 Å². The zero-order valence-corrected chi connectivity index (χ0v) is 11.2. The van der Waals surface area contributed by atoms with Crippen molar-refractivity contribution in [3.8, 4) is 11.5 Å². The number of hydrogen-bond donors (Lipinski definition) is 2. The number of rotatable bonds is 2. The summed E-state index contributed by atoms with van der Waals surface area (Å²) in [5, 5.41) is 6.73. The van der Waals surface area contributed by atoms with Gasteiger partial charge in [-0.05, 0) is 43.9 Å². The second kappa shape index (κ2) is 4.66. The molecule has 1 aromatic carbocycles. The van der Waals surface area contributed by atoms with Crippen LogP contribution < -0.4 is 20.1 Å². The van der Waals surface area contributed by atoms with Crippen LogP contribution in [-0.4, -0.2) is 30.8 Å². The summed E-state index contributed by atoms with van der Waals surface area (Å²) >= 11 is 0. The Bertz CT molecular complexity index is 534. The molecule has 106 valence electrons. The zero-order valence-electron chi connectivity index (χ0n) is 11.2. The summed E-state index contributed by atoms with van der Waals surface area (Å²) in [5.74, 6) is 1.35. The van der Waals surface area contributed by atoms with Gasteiger partial charge in [0.15, 0.2) is 11.5 Å². The van der Waals surface area contributed by atoms with Gasteiger partial charge in [-0.2, -0.15) is 0 Å². The lowest BCUT2D eigenvalue weighted by Crippen LogP contribution is -2.48. The van der Waals surface area contributed by atoms with E-state index in [1.807, 2.05) is 0 Å². The van der Waals surface area contributed by atoms with Crippen LogP contribution in [-0.2, 0) is 0 Å². The molecule has 5 heteroatoms. The van der Waals surface area contributed by atoms with Crippen molar-refractivity contribution in [3.63, 3.8) is 0 Å². The van der Waals surface area contributed by atoms with E-state index in [4.69, 9.17) is 9.47 Å². The molecule has 3 aliphatic heterocycles. The quantitative estimate of drug-likeness (QED) is 0.856. The van der Waals surface area contributed by atoms with E-state index in [1.54, 1.807) is 18.2 Å². The summed E-state index contributed by atoms with van der Waals surface area (Å²) < 4.78 is 10.6. The second-order valence-corrected chi connectivity index (χ2v) is 5.85. The molecule has 4 rings (SSSR count). The minimum atomic E-state index is -0.0189. The van der Waals surface area contributed by atoms with Crippen LogP contribution >= 0.6 is 0 Å². The van der Waals surface area contributed by atoms with Gasteiger partial charge in [-0.1, -0.05) is 0 Å². The number of carbonyl (C=O) groups excluding carboxylic acids is 1. The van der Waals surface area contributed by atoms with Crippen LogP contribution in [0.2, 0.25) is 0 Å². The van der Waals surface area contributed by atoms with Crippen molar-refractivity contribution in [1.29, 1.82) is 0 Å². The fourth-order valence-electron chi connectivity index (χ4n) is 3.48. The van der Waals surface area contributed by atoms with Crippen molar-refractivity contribution in [2.75, 3.05) is 6.79 Å². The topological polar surface area (TPSA) is 59.6 Å². The molecule has 20 heavy (non-hydrogen) atoms. The molecule has 3 aliphatic rings. The van der Waals surface area contributed by atoms with E-state index in [-0.39, 0.29) is 18.7 Å². The molecular formula is C15H18N2O3. The third-order valence-electron chi connectivity index (χ3n) is 4.44. The molecule has 2 fully saturated rings. The fourth-order valence-corrected chi connectivity index (χ4v) is 3.48. The molecule has 2 atom stereocenters. The number of ether oxygens (including phenoxy) is 2. The van der Waals surface area contributed by atoms with Crippen LogP contribution in [0.1, 0.15) is 36.0 Å². The number of amides is 1. The van der Waals surface area contributed by atoms with Gasteiger partial charge >= 0.3 is 0 Å². The molecule has 5 nitrogen and oxygen atoms in total. The average molecular weight is 274 g/mol. The molecule has 0 aliphatic carbocycles. The van der Waals surface area contributed by atoms with Crippen LogP contribution in [0.25, 0.3) is 0 Å². The number of carbonyl (C=O) groups is 1. The average Bonchev–Trinajstić information content (AvgIpc) is 3.04. The van der Waals surface area contributed by atoms with Crippen LogP contribution in [0.5, 0.6) is 11.5 Å². The molecule has 0 aromatic heterocycles. The molecule has 2 bridgehead atoms. The van der Waals surface area contributed by atoms with E-state index >= 15 is 0 Å². The molecule has 1 aromatic rings. The third kappa shape index (κ3) is 2.12. The van der Waals surface area contributed by atoms with Gasteiger partial charge in [-0.3, -0.25) is 4.79 Å². The predicted molar refractivity (Wildman–Crippen MR) is 73.0 cm³/mol. The van der Waals surface area contributed by atoms with Crippen LogP contribution in [0.15, 0.2) is 18.2 Å². The molecule has 1 amide bonds. The molecule has 2 unspecified atom stereocenters. The van der Waals surface area contributed by atoms with Gasteiger partial charge in [0.2, 0.25) is 6.79 Å². The lowest BCUT2D eigenvalue weighted by atomic mass is 9.99. The largest absolute Gasteiger partial charge is 0.454 e. The van der Waals surface area contributed by atoms with Crippen molar-refractivity contribution < 1.29 is 14.3 Å². The highest BCUT2D eigenvalue weighted by molar-refractivity contribution is 5.95. The molecule has 0 spiro atoms. The molecule has 0 radical (unpaired) electrons. The first-order valence-electron chi connectivity index (χ1n) is 7.24. The number of nitrogens with one attached hydrogen (secondary N) is 2. The summed E-state index contributed by atoms with van der Waals surface area (Å²) in [6.45, 7) is 0.234. The van der Waals surface area contributed by atoms with Gasteiger partial charge in [0, 0.05) is 23.7 Å². The van der Waals surface area contributed by atoms with Gasteiger partial charge in [-0.25, -0.2) is 0 Å². The first kappa shape index (κ1) is 12.0. The van der Waals surface area contributed by atoms with E-state index in [9.17, 15) is 4.79 Å². The van der Waals surface area contributed by atoms with Gasteiger partial charge in [0.25, 0.3) is 5.91 Å². The number of hydrogen-bond acceptors (Lipinski definition) is 4. The van der Waals surface area contributed by atoms with Gasteiger partial charge in [-0.15, -0.1) is 0 Å². The first-order valence-corrected chi connectivity index (χ1v) is 7.24. The number of fused-ring (bicyclic) bond motifs is 3. The molecule has 0 saturated carbocycles. The summed E-state index contributed by atoms with van der Waals surface area (Å²) in [6.07, 6.45) is 4.54. The molecule has 2 N–H and O–H groups in total. The maximum Gasteiger partial charge on any atom is 0.251 e. The Labute approximate surface area is 117 Å². The summed E-state index contributed by atoms with van der Waals surface area (Å²) in [5.41, 5.74) is 0.639. The van der Waals surface area contributed by atoms with Crippen LogP contribution in [0, 0.1) is 0 Å². The molecule has 2 saturated heterocycles. The van der Waals surface area contributed by atoms with Gasteiger partial charge in [0.05, 0.1) is 0 Å². The fraction of sp³-hybridized carbons (Fsp3) is 0.533. The van der Waals surface area contributed by atoms with E-state index in [2.05, 4.69) is 10.6 Å². The first-order chi connectivity index (χ1) is 9.78. The summed E-state index contributed by atoms with van der Waals surface area (Å²) in [4.78, 5) is 12.3. The van der Waals surface area contributed by atoms with Crippen molar-refractivity contribution in [2.45, 2.75) is 43.8 Å². The normalized spacial score (nSPS) is 30.3. The lowest BCUT2D eigenvalue weighted by Gasteiger charge is -2.29. The van der Waals surface area contributed by atoms with Crippen molar-refractivity contribution in [2.24, 2.45) is 0 Å². The Morgan fingerprint density at radius 3 is 2.70 bits per heavy atom. The smallest absolute Gasteiger partial charge is 0.251 e. The SMILES string of the molecule is O=C(NC1CC2CCC(C1)N2)c1ccc2c(c1)OCO2. The Morgan fingerprint density at radius 2 is 1.90 bits per heavy atom. The highest BCUT2D eigenvalue weighted by Crippen LogP contribution is 2.32. The van der Waals surface area contributed by atoms with E-state index < -0.39 is 0 Å². The Hall–Kier alpha value is -1.75. The van der Waals surface area contributed by atoms with E-state index in [1.165, 1.54) is 12.8 Å². The molecular weight excluding hydrogens is 256 g/mol. The van der Waals surface area contributed by atoms with Crippen LogP contribution in [0.3, 0.4) is 0 Å². The van der Waals surface area contributed by atoms with Crippen LogP contribution in [0.4, 0.5) is 0 Å². The standard InChI is InChI=1S/C15H18N2O3/c18-15(9-1-4-13-14(5-9)20-8-19-13)17-12-6-10-2-3-11(7-12)16-10/h1,4-5,10-12,16H,2-3,6-8H2,(H,17,18). The highest BCUT2D eigenvalue weighted by Gasteiger charge is 2.34. The minimum absolute atomic E-state index is 0.0189. The Morgan fingerprint density at radius 1 is 1.15 bits per heavy atom. The summed E-state index contributed by atoms with van der Waals surface area (Å²) in [6, 6.07) is 6.79. The molecule has 3 heterocycles. The maximum absolute atomic E-state index is 12.3. The van der Waals surface area contributed by atoms with Crippen molar-refractivity contribution in [3.05, 3.63) is 23.8 Å². The number of piperidine rings is 1. The third-order valence-corrected chi connectivity index (χ3v) is 4.44. The lowest BCUT2D eigenvalue weighted by molar-refractivity contribution is 0.0923. The minimum Gasteiger partial charge on any atom is -0.454 e. The monoisotopic (exact) mass is 274 g/mol. The Kier molecular flexibility index (Phi) is 2.80. The highest BCUT2D eigenvalue weighted by atomic mass is 16.7. The van der Waals surface area contributed by atoms with Gasteiger partial charge < -0.3 is 20.1 Å². The van der Waals surface area contributed by atoms with Gasteiger partial charge in [0.1, 0.15) is 0 Å². The summed E-state index contributed by atoms with van der Waals surface area (Å²) in [7, 11) is 0. The second-order valence-electron chi connectivity index (χ2n) is 5.85. The maximum atomic E-state index is 12.3. The van der Waals surface area contributed by atoms with E-state index in [0.29, 0.717) is 29.1 Å². The Balaban J connectivity index is 1.45. The predicted octanol–water partition coefficient (Wildman–Crippen LogP) is 1.43.